The number of hydrogen-bond donors (Lipinski definition) is 2. The van der Waals surface area contributed by atoms with E-state index in [0.29, 0.717) is 24.1 Å². The minimum Gasteiger partial charge on any atom is -0.444 e. The van der Waals surface area contributed by atoms with Gasteiger partial charge in [-0.15, -0.1) is 0 Å². The fourth-order valence-electron chi connectivity index (χ4n) is 5.35. The van der Waals surface area contributed by atoms with Gasteiger partial charge < -0.3 is 9.84 Å². The van der Waals surface area contributed by atoms with E-state index in [4.69, 9.17) is 4.74 Å². The Morgan fingerprint density at radius 2 is 1.70 bits per heavy atom. The van der Waals surface area contributed by atoms with E-state index in [1.165, 1.54) is 0 Å². The van der Waals surface area contributed by atoms with Crippen LogP contribution in [0.25, 0.3) is 0 Å². The number of unbranched alkanes of at least 4 members (excludes halogenated alkanes) is 1. The number of nitrogens with one attached hydrogen (secondary N) is 1. The summed E-state index contributed by atoms with van der Waals surface area (Å²) in [6.07, 6.45) is 1.36. The van der Waals surface area contributed by atoms with E-state index in [0.717, 1.165) is 24.0 Å². The Bertz CT molecular complexity index is 1310. The molecule has 3 atom stereocenters. The average Bonchev–Trinajstić information content (AvgIpc) is 2.98. The van der Waals surface area contributed by atoms with Crippen LogP contribution < -0.4 is 5.32 Å². The Labute approximate surface area is 219 Å². The number of carbonyl (C=O) groups is 1. The van der Waals surface area contributed by atoms with Crippen molar-refractivity contribution in [2.24, 2.45) is 5.41 Å². The molecule has 0 aliphatic carbocycles. The molecule has 4 rings (SSSR count). The SMILES string of the molecule is CCCC[C@]1(CC)CS(=O)(=O)c2ccc(NC(=O)OCc3ccccc3)cc2[C@@H](c2ccccc2)[C@H]1O. The molecule has 3 aromatic rings. The van der Waals surface area contributed by atoms with Crippen LogP contribution in [-0.4, -0.2) is 31.5 Å². The highest BCUT2D eigenvalue weighted by atomic mass is 32.2. The fourth-order valence-corrected chi connectivity index (χ4v) is 7.61. The second kappa shape index (κ2) is 11.5. The lowest BCUT2D eigenvalue weighted by molar-refractivity contribution is 0.0174. The molecular formula is C30H35NO5S. The molecule has 3 aromatic carbocycles. The van der Waals surface area contributed by atoms with Crippen LogP contribution in [0, 0.1) is 5.41 Å². The summed E-state index contributed by atoms with van der Waals surface area (Å²) in [4.78, 5) is 12.7. The molecule has 0 unspecified atom stereocenters. The third kappa shape index (κ3) is 5.89. The van der Waals surface area contributed by atoms with Gasteiger partial charge in [0.15, 0.2) is 9.84 Å². The Morgan fingerprint density at radius 3 is 2.35 bits per heavy atom. The van der Waals surface area contributed by atoms with Gasteiger partial charge in [0.05, 0.1) is 16.8 Å². The van der Waals surface area contributed by atoms with E-state index in [9.17, 15) is 18.3 Å². The maximum absolute atomic E-state index is 13.7. The molecule has 0 fully saturated rings. The van der Waals surface area contributed by atoms with Gasteiger partial charge >= 0.3 is 6.09 Å². The zero-order valence-electron chi connectivity index (χ0n) is 21.4. The first-order valence-corrected chi connectivity index (χ1v) is 14.5. The highest BCUT2D eigenvalue weighted by molar-refractivity contribution is 7.91. The molecule has 7 heteroatoms. The Kier molecular flexibility index (Phi) is 8.35. The van der Waals surface area contributed by atoms with E-state index in [2.05, 4.69) is 12.2 Å². The minimum atomic E-state index is -3.70. The predicted octanol–water partition coefficient (Wildman–Crippen LogP) is 6.30. The number of amides is 1. The summed E-state index contributed by atoms with van der Waals surface area (Å²) in [5, 5.41) is 14.7. The van der Waals surface area contributed by atoms with Gasteiger partial charge in [-0.05, 0) is 47.7 Å². The van der Waals surface area contributed by atoms with Crippen molar-refractivity contribution in [2.45, 2.75) is 63.1 Å². The minimum absolute atomic E-state index is 0.111. The van der Waals surface area contributed by atoms with Gasteiger partial charge in [0.25, 0.3) is 0 Å². The second-order valence-electron chi connectivity index (χ2n) is 9.85. The molecule has 1 aliphatic heterocycles. The Morgan fingerprint density at radius 1 is 1.03 bits per heavy atom. The smallest absolute Gasteiger partial charge is 0.411 e. The molecular weight excluding hydrogens is 486 g/mol. The number of carbonyl (C=O) groups excluding carboxylic acids is 1. The summed E-state index contributed by atoms with van der Waals surface area (Å²) in [7, 11) is -3.70. The number of benzene rings is 3. The fraction of sp³-hybridized carbons (Fsp3) is 0.367. The van der Waals surface area contributed by atoms with E-state index in [1.54, 1.807) is 18.2 Å². The third-order valence-electron chi connectivity index (χ3n) is 7.45. The summed E-state index contributed by atoms with van der Waals surface area (Å²) in [5.74, 6) is -0.674. The summed E-state index contributed by atoms with van der Waals surface area (Å²) < 4.78 is 32.8. The number of aliphatic hydroxyl groups is 1. The van der Waals surface area contributed by atoms with Crippen molar-refractivity contribution in [3.63, 3.8) is 0 Å². The van der Waals surface area contributed by atoms with Crippen molar-refractivity contribution in [1.29, 1.82) is 0 Å². The molecule has 0 radical (unpaired) electrons. The maximum Gasteiger partial charge on any atom is 0.411 e. The molecule has 2 N–H and O–H groups in total. The summed E-state index contributed by atoms with van der Waals surface area (Å²) in [6.45, 7) is 4.15. The van der Waals surface area contributed by atoms with Crippen molar-refractivity contribution >= 4 is 21.6 Å². The first kappa shape index (κ1) is 26.9. The molecule has 0 saturated heterocycles. The molecule has 1 heterocycles. The topological polar surface area (TPSA) is 92.7 Å². The van der Waals surface area contributed by atoms with Crippen molar-refractivity contribution in [3.05, 3.63) is 95.6 Å². The van der Waals surface area contributed by atoms with Gasteiger partial charge in [-0.3, -0.25) is 5.32 Å². The summed E-state index contributed by atoms with van der Waals surface area (Å²) >= 11 is 0. The number of anilines is 1. The van der Waals surface area contributed by atoms with Crippen LogP contribution in [0.1, 0.15) is 62.1 Å². The van der Waals surface area contributed by atoms with Gasteiger partial charge in [0.1, 0.15) is 6.61 Å². The van der Waals surface area contributed by atoms with Gasteiger partial charge in [-0.1, -0.05) is 87.4 Å². The lowest BCUT2D eigenvalue weighted by Crippen LogP contribution is -2.42. The zero-order chi connectivity index (χ0) is 26.5. The van der Waals surface area contributed by atoms with Gasteiger partial charge in [0.2, 0.25) is 0 Å². The first-order chi connectivity index (χ1) is 17.8. The number of fused-ring (bicyclic) bond motifs is 1. The largest absolute Gasteiger partial charge is 0.444 e. The van der Waals surface area contributed by atoms with E-state index in [1.807, 2.05) is 67.6 Å². The molecule has 0 bridgehead atoms. The molecule has 0 saturated carbocycles. The van der Waals surface area contributed by atoms with Crippen LogP contribution in [0.5, 0.6) is 0 Å². The Hall–Kier alpha value is -3.16. The van der Waals surface area contributed by atoms with Crippen molar-refractivity contribution < 1.29 is 23.1 Å². The van der Waals surface area contributed by atoms with Crippen LogP contribution in [0.15, 0.2) is 83.8 Å². The number of rotatable bonds is 8. The summed E-state index contributed by atoms with van der Waals surface area (Å²) in [5.41, 5.74) is 1.83. The quantitative estimate of drug-likeness (QED) is 0.363. The molecule has 37 heavy (non-hydrogen) atoms. The number of ether oxygens (including phenoxy) is 1. The molecule has 196 valence electrons. The van der Waals surface area contributed by atoms with Crippen LogP contribution in [0.3, 0.4) is 0 Å². The third-order valence-corrected chi connectivity index (χ3v) is 9.45. The molecule has 1 aliphatic rings. The lowest BCUT2D eigenvalue weighted by Gasteiger charge is -2.39. The molecule has 0 aromatic heterocycles. The second-order valence-corrected chi connectivity index (χ2v) is 11.8. The average molecular weight is 522 g/mol. The van der Waals surface area contributed by atoms with Crippen molar-refractivity contribution in [2.75, 3.05) is 11.1 Å². The van der Waals surface area contributed by atoms with Gasteiger partial charge in [-0.25, -0.2) is 13.2 Å². The van der Waals surface area contributed by atoms with E-state index < -0.39 is 33.4 Å². The van der Waals surface area contributed by atoms with Crippen LogP contribution >= 0.6 is 0 Å². The number of hydrogen-bond acceptors (Lipinski definition) is 5. The normalized spacial score (nSPS) is 22.5. The zero-order valence-corrected chi connectivity index (χ0v) is 22.2. The van der Waals surface area contributed by atoms with E-state index >= 15 is 0 Å². The predicted molar refractivity (Wildman–Crippen MR) is 145 cm³/mol. The lowest BCUT2D eigenvalue weighted by atomic mass is 9.69. The first-order valence-electron chi connectivity index (χ1n) is 12.9. The van der Waals surface area contributed by atoms with E-state index in [-0.39, 0.29) is 17.3 Å². The monoisotopic (exact) mass is 521 g/mol. The number of sulfone groups is 1. The summed E-state index contributed by atoms with van der Waals surface area (Å²) in [6, 6.07) is 23.7. The molecule has 6 nitrogen and oxygen atoms in total. The van der Waals surface area contributed by atoms with Crippen LogP contribution in [0.2, 0.25) is 0 Å². The van der Waals surface area contributed by atoms with Crippen molar-refractivity contribution in [3.8, 4) is 0 Å². The van der Waals surface area contributed by atoms with Crippen molar-refractivity contribution in [1.82, 2.24) is 0 Å². The van der Waals surface area contributed by atoms with Crippen LogP contribution in [-0.2, 0) is 21.2 Å². The molecule has 0 spiro atoms. The highest BCUT2D eigenvalue weighted by Gasteiger charge is 2.48. The number of aliphatic hydroxyl groups excluding tert-OH is 1. The Balaban J connectivity index is 1.73. The maximum atomic E-state index is 13.7. The highest BCUT2D eigenvalue weighted by Crippen LogP contribution is 2.49. The molecule has 1 amide bonds. The van der Waals surface area contributed by atoms with Crippen LogP contribution in [0.4, 0.5) is 10.5 Å². The van der Waals surface area contributed by atoms with Gasteiger partial charge in [-0.2, -0.15) is 0 Å². The standard InChI is InChI=1S/C30H35NO5S/c1-3-5-18-30(4-2)21-37(34,35)26-17-16-24(31-29(33)36-20-22-12-8-6-9-13-22)19-25(26)27(28(30)32)23-14-10-7-11-15-23/h6-17,19,27-28,32H,3-5,18,20-21H2,1-2H3,(H,31,33)/t27-,28-,30-/m1/s1. The van der Waals surface area contributed by atoms with Gasteiger partial charge in [0, 0.05) is 17.0 Å².